The Kier molecular flexibility index (Phi) is 10.7. The number of methoxy groups -OCH3 is 1. The average Bonchev–Trinajstić information content (AvgIpc) is 2.38. The Labute approximate surface area is 143 Å². The van der Waals surface area contributed by atoms with Crippen LogP contribution in [0.25, 0.3) is 0 Å². The van der Waals surface area contributed by atoms with Crippen molar-refractivity contribution in [3.05, 3.63) is 11.5 Å². The molecule has 0 aromatic heterocycles. The van der Waals surface area contributed by atoms with Gasteiger partial charge in [0.15, 0.2) is 0 Å². The number of amides is 1. The molecule has 2 N–H and O–H groups in total. The second-order valence-corrected chi connectivity index (χ2v) is 7.56. The van der Waals surface area contributed by atoms with Crippen LogP contribution in [0.4, 0.5) is 0 Å². The normalized spacial score (nSPS) is 15.6. The third-order valence-corrected chi connectivity index (χ3v) is 3.53. The van der Waals surface area contributed by atoms with E-state index < -0.39 is 11.2 Å². The molecule has 0 aromatic carbocycles. The summed E-state index contributed by atoms with van der Waals surface area (Å²) >= 11 is 0. The monoisotopic (exact) mass is 327 g/mol. The second kappa shape index (κ2) is 10.1. The first kappa shape index (κ1) is 24.4. The number of aliphatic hydroxyl groups is 2. The van der Waals surface area contributed by atoms with Crippen LogP contribution in [0.3, 0.4) is 0 Å². The van der Waals surface area contributed by atoms with Crippen LogP contribution in [0.5, 0.6) is 0 Å². The molecule has 0 unspecified atom stereocenters. The van der Waals surface area contributed by atoms with Gasteiger partial charge in [0, 0.05) is 20.2 Å². The first-order chi connectivity index (χ1) is 10.1. The van der Waals surface area contributed by atoms with Gasteiger partial charge in [-0.25, -0.2) is 0 Å². The van der Waals surface area contributed by atoms with Crippen LogP contribution in [-0.4, -0.2) is 66.4 Å². The minimum absolute atomic E-state index is 0.0417. The molecule has 1 heterocycles. The molecular weight excluding hydrogens is 293 g/mol. The van der Waals surface area contributed by atoms with Gasteiger partial charge in [-0.3, -0.25) is 4.79 Å². The van der Waals surface area contributed by atoms with Crippen molar-refractivity contribution in [2.45, 2.75) is 71.7 Å². The maximum atomic E-state index is 10.1. The predicted octanol–water partition coefficient (Wildman–Crippen LogP) is 1.86. The Morgan fingerprint density at radius 3 is 1.70 bits per heavy atom. The molecule has 1 aliphatic rings. The topological polar surface area (TPSA) is 70.0 Å². The summed E-state index contributed by atoms with van der Waals surface area (Å²) in [6.45, 7) is 13.8. The number of carbonyl (C=O) groups is 1. The lowest BCUT2D eigenvalue weighted by molar-refractivity contribution is -0.117. The Bertz CT molecular complexity index is 350. The van der Waals surface area contributed by atoms with Crippen molar-refractivity contribution in [1.29, 1.82) is 0 Å². The maximum absolute atomic E-state index is 10.1. The minimum atomic E-state index is -1.01. The molecule has 0 bridgehead atoms. The molecule has 0 aromatic rings. The van der Waals surface area contributed by atoms with Gasteiger partial charge in [0.1, 0.15) is 7.85 Å². The van der Waals surface area contributed by atoms with Crippen molar-refractivity contribution in [3.63, 3.8) is 0 Å². The van der Waals surface area contributed by atoms with Crippen LogP contribution < -0.4 is 0 Å². The Hall–Kier alpha value is -0.845. The summed E-state index contributed by atoms with van der Waals surface area (Å²) < 4.78 is 4.94. The van der Waals surface area contributed by atoms with E-state index in [9.17, 15) is 4.79 Å². The lowest BCUT2D eigenvalue weighted by atomic mass is 9.90. The molecule has 0 fully saturated rings. The Morgan fingerprint density at radius 2 is 1.52 bits per heavy atom. The summed E-state index contributed by atoms with van der Waals surface area (Å²) in [5.74, 6) is 0. The number of hydrogen-bond donors (Lipinski definition) is 2. The van der Waals surface area contributed by atoms with E-state index in [1.807, 2.05) is 26.8 Å². The van der Waals surface area contributed by atoms with Crippen LogP contribution >= 0.6 is 0 Å². The van der Waals surface area contributed by atoms with E-state index in [0.29, 0.717) is 6.54 Å². The molecule has 0 saturated heterocycles. The zero-order valence-corrected chi connectivity index (χ0v) is 16.0. The van der Waals surface area contributed by atoms with Gasteiger partial charge in [-0.15, -0.1) is 5.47 Å². The highest BCUT2D eigenvalue weighted by atomic mass is 16.5. The molecule has 1 amide bonds. The zero-order valence-electron chi connectivity index (χ0n) is 16.0. The molecule has 1 rings (SSSR count). The van der Waals surface area contributed by atoms with Crippen LogP contribution in [0, 0.1) is 0 Å². The molecule has 0 saturated carbocycles. The van der Waals surface area contributed by atoms with Gasteiger partial charge in [0.05, 0.1) is 16.8 Å². The van der Waals surface area contributed by atoms with Gasteiger partial charge in [0.25, 0.3) is 0 Å². The fourth-order valence-electron chi connectivity index (χ4n) is 0.796. The van der Waals surface area contributed by atoms with E-state index in [-0.39, 0.29) is 5.60 Å². The van der Waals surface area contributed by atoms with Crippen LogP contribution in [-0.2, 0) is 9.53 Å². The van der Waals surface area contributed by atoms with Gasteiger partial charge in [-0.1, -0.05) is 6.08 Å². The standard InChI is InChI=1S/C6H8BNO.C6H14O2.C5H12O/c7-6-1-3-8(5-9)4-2-6;1-5(2,7)6(3,4)8;1-5(2,3)6-4/h1,5H,2-4H2;7-8H,1-4H3;1-4H3. The Morgan fingerprint density at radius 1 is 1.13 bits per heavy atom. The predicted molar refractivity (Wildman–Crippen MR) is 95.4 cm³/mol. The SMILES string of the molecule is CC(C)(O)C(C)(C)O.COC(C)(C)C.[B]C1=CCN(C=O)CC1. The first-order valence-electron chi connectivity index (χ1n) is 7.78. The number of ether oxygens (including phenoxy) is 1. The molecular formula is C17H34BNO4. The summed E-state index contributed by atoms with van der Waals surface area (Å²) in [4.78, 5) is 11.8. The van der Waals surface area contributed by atoms with Gasteiger partial charge in [0.2, 0.25) is 6.41 Å². The van der Waals surface area contributed by atoms with Gasteiger partial charge < -0.3 is 19.8 Å². The van der Waals surface area contributed by atoms with Gasteiger partial charge >= 0.3 is 0 Å². The summed E-state index contributed by atoms with van der Waals surface area (Å²) in [6, 6.07) is 0. The lowest BCUT2D eigenvalue weighted by Crippen LogP contribution is -2.44. The van der Waals surface area contributed by atoms with E-state index in [4.69, 9.17) is 22.8 Å². The second-order valence-electron chi connectivity index (χ2n) is 7.56. The largest absolute Gasteiger partial charge is 0.387 e. The van der Waals surface area contributed by atoms with Crippen LogP contribution in [0.15, 0.2) is 11.5 Å². The third kappa shape index (κ3) is 14.5. The fourth-order valence-corrected chi connectivity index (χ4v) is 0.796. The third-order valence-electron chi connectivity index (χ3n) is 3.53. The van der Waals surface area contributed by atoms with Crippen molar-refractivity contribution < 1.29 is 19.7 Å². The molecule has 5 nitrogen and oxygen atoms in total. The van der Waals surface area contributed by atoms with Gasteiger partial charge in [-0.2, -0.15) is 0 Å². The maximum Gasteiger partial charge on any atom is 0.209 e. The van der Waals surface area contributed by atoms with E-state index in [0.717, 1.165) is 24.8 Å². The lowest BCUT2D eigenvalue weighted by Gasteiger charge is -2.31. The molecule has 2 radical (unpaired) electrons. The molecule has 6 heteroatoms. The quantitative estimate of drug-likeness (QED) is 0.600. The van der Waals surface area contributed by atoms with Crippen LogP contribution in [0.1, 0.15) is 54.9 Å². The fraction of sp³-hybridized carbons (Fsp3) is 0.824. The van der Waals surface area contributed by atoms with Crippen molar-refractivity contribution in [2.75, 3.05) is 20.2 Å². The van der Waals surface area contributed by atoms with E-state index >= 15 is 0 Å². The highest BCUT2D eigenvalue weighted by Crippen LogP contribution is 2.19. The minimum Gasteiger partial charge on any atom is -0.387 e. The van der Waals surface area contributed by atoms with E-state index in [2.05, 4.69) is 0 Å². The van der Waals surface area contributed by atoms with Crippen molar-refractivity contribution in [3.8, 4) is 0 Å². The van der Waals surface area contributed by atoms with Gasteiger partial charge in [-0.05, 0) is 54.9 Å². The number of carbonyl (C=O) groups excluding carboxylic acids is 1. The van der Waals surface area contributed by atoms with Crippen molar-refractivity contribution in [2.24, 2.45) is 0 Å². The number of nitrogens with zero attached hydrogens (tertiary/aromatic N) is 1. The van der Waals surface area contributed by atoms with E-state index in [1.165, 1.54) is 0 Å². The number of rotatable bonds is 2. The Balaban J connectivity index is 0. The average molecular weight is 327 g/mol. The molecule has 0 atom stereocenters. The summed E-state index contributed by atoms with van der Waals surface area (Å²) in [5, 5.41) is 18.2. The molecule has 0 spiro atoms. The highest BCUT2D eigenvalue weighted by Gasteiger charge is 2.31. The summed E-state index contributed by atoms with van der Waals surface area (Å²) in [5.41, 5.74) is -1.08. The van der Waals surface area contributed by atoms with Crippen LogP contribution in [0.2, 0.25) is 0 Å². The van der Waals surface area contributed by atoms with E-state index in [1.54, 1.807) is 39.7 Å². The molecule has 1 aliphatic heterocycles. The summed E-state index contributed by atoms with van der Waals surface area (Å²) in [7, 11) is 7.18. The summed E-state index contributed by atoms with van der Waals surface area (Å²) in [6.07, 6.45) is 3.54. The first-order valence-corrected chi connectivity index (χ1v) is 7.78. The molecule has 23 heavy (non-hydrogen) atoms. The van der Waals surface area contributed by atoms with Crippen molar-refractivity contribution in [1.82, 2.24) is 4.90 Å². The van der Waals surface area contributed by atoms with Crippen molar-refractivity contribution >= 4 is 14.3 Å². The highest BCUT2D eigenvalue weighted by molar-refractivity contribution is 6.21. The molecule has 0 aliphatic carbocycles. The number of hydrogen-bond acceptors (Lipinski definition) is 4. The molecule has 134 valence electrons. The zero-order chi connectivity index (χ0) is 18.9. The smallest absolute Gasteiger partial charge is 0.209 e.